The molecule has 0 aliphatic rings. The number of nitrogens with zero attached hydrogens (tertiary/aromatic N) is 2. The van der Waals surface area contributed by atoms with E-state index in [4.69, 9.17) is 10.5 Å². The summed E-state index contributed by atoms with van der Waals surface area (Å²) in [7, 11) is 3.26. The molecule has 2 aromatic rings. The van der Waals surface area contributed by atoms with E-state index in [-0.39, 0.29) is 5.91 Å². The van der Waals surface area contributed by atoms with Gasteiger partial charge in [-0.2, -0.15) is 5.10 Å². The van der Waals surface area contributed by atoms with E-state index in [1.807, 2.05) is 0 Å². The zero-order valence-electron chi connectivity index (χ0n) is 10.2. The molecule has 0 atom stereocenters. The van der Waals surface area contributed by atoms with Crippen LogP contribution >= 0.6 is 0 Å². The molecule has 0 unspecified atom stereocenters. The molecule has 1 amide bonds. The first-order valence-electron chi connectivity index (χ1n) is 5.34. The topological polar surface area (TPSA) is 82.2 Å². The number of nitrogens with one attached hydrogen (secondary N) is 1. The second kappa shape index (κ2) is 4.79. The van der Waals surface area contributed by atoms with Crippen LogP contribution in [0, 0.1) is 0 Å². The SMILES string of the molecule is COc1ccc(NC(=O)c2ccnn2C)c(N)c1. The molecular weight excluding hydrogens is 232 g/mol. The monoisotopic (exact) mass is 246 g/mol. The van der Waals surface area contributed by atoms with Crippen molar-refractivity contribution < 1.29 is 9.53 Å². The molecule has 94 valence electrons. The number of hydrogen-bond acceptors (Lipinski definition) is 4. The fraction of sp³-hybridized carbons (Fsp3) is 0.167. The van der Waals surface area contributed by atoms with Crippen LogP contribution in [0.25, 0.3) is 0 Å². The van der Waals surface area contributed by atoms with Crippen LogP contribution in [-0.2, 0) is 7.05 Å². The molecule has 6 heteroatoms. The number of rotatable bonds is 3. The van der Waals surface area contributed by atoms with Crippen molar-refractivity contribution in [1.82, 2.24) is 9.78 Å². The molecule has 1 aromatic carbocycles. The Morgan fingerprint density at radius 2 is 2.22 bits per heavy atom. The normalized spacial score (nSPS) is 10.1. The van der Waals surface area contributed by atoms with Crippen LogP contribution in [0.15, 0.2) is 30.5 Å². The van der Waals surface area contributed by atoms with Gasteiger partial charge in [0.1, 0.15) is 11.4 Å². The highest BCUT2D eigenvalue weighted by Gasteiger charge is 2.11. The summed E-state index contributed by atoms with van der Waals surface area (Å²) in [5.41, 5.74) is 7.28. The lowest BCUT2D eigenvalue weighted by Crippen LogP contribution is -2.16. The van der Waals surface area contributed by atoms with Crippen LogP contribution in [0.1, 0.15) is 10.5 Å². The summed E-state index contributed by atoms with van der Waals surface area (Å²) in [5, 5.41) is 6.66. The molecule has 1 aromatic heterocycles. The van der Waals surface area contributed by atoms with Gasteiger partial charge in [-0.1, -0.05) is 0 Å². The summed E-state index contributed by atoms with van der Waals surface area (Å²) in [4.78, 5) is 11.9. The summed E-state index contributed by atoms with van der Waals surface area (Å²) in [6.07, 6.45) is 1.56. The largest absolute Gasteiger partial charge is 0.497 e. The van der Waals surface area contributed by atoms with Crippen molar-refractivity contribution in [3.8, 4) is 5.75 Å². The minimum Gasteiger partial charge on any atom is -0.497 e. The number of aryl methyl sites for hydroxylation is 1. The highest BCUT2D eigenvalue weighted by molar-refractivity contribution is 6.04. The number of carbonyl (C=O) groups is 1. The number of nitrogen functional groups attached to an aromatic ring is 1. The van der Waals surface area contributed by atoms with E-state index in [1.54, 1.807) is 44.6 Å². The lowest BCUT2D eigenvalue weighted by atomic mass is 10.2. The summed E-state index contributed by atoms with van der Waals surface area (Å²) in [6.45, 7) is 0. The van der Waals surface area contributed by atoms with Gasteiger partial charge in [-0.25, -0.2) is 0 Å². The van der Waals surface area contributed by atoms with Crippen molar-refractivity contribution >= 4 is 17.3 Å². The average molecular weight is 246 g/mol. The number of aromatic nitrogens is 2. The molecule has 0 saturated heterocycles. The third-order valence-corrected chi connectivity index (χ3v) is 2.56. The molecule has 0 radical (unpaired) electrons. The predicted octanol–water partition coefficient (Wildman–Crippen LogP) is 1.26. The Balaban J connectivity index is 2.20. The quantitative estimate of drug-likeness (QED) is 0.799. The highest BCUT2D eigenvalue weighted by Crippen LogP contribution is 2.24. The number of nitrogens with two attached hydrogens (primary N) is 1. The lowest BCUT2D eigenvalue weighted by Gasteiger charge is -2.09. The van der Waals surface area contributed by atoms with Gasteiger partial charge in [0.05, 0.1) is 18.5 Å². The van der Waals surface area contributed by atoms with E-state index < -0.39 is 0 Å². The fourth-order valence-electron chi connectivity index (χ4n) is 1.56. The first-order chi connectivity index (χ1) is 8.61. The number of ether oxygens (including phenoxy) is 1. The van der Waals surface area contributed by atoms with Crippen molar-refractivity contribution in [2.24, 2.45) is 7.05 Å². The summed E-state index contributed by atoms with van der Waals surface area (Å²) < 4.78 is 6.53. The van der Waals surface area contributed by atoms with Crippen molar-refractivity contribution in [3.63, 3.8) is 0 Å². The Morgan fingerprint density at radius 3 is 2.78 bits per heavy atom. The molecule has 0 spiro atoms. The van der Waals surface area contributed by atoms with Crippen LogP contribution in [0.5, 0.6) is 5.75 Å². The average Bonchev–Trinajstić information content (AvgIpc) is 2.78. The Hall–Kier alpha value is -2.50. The number of benzene rings is 1. The van der Waals surface area contributed by atoms with Crippen LogP contribution in [0.3, 0.4) is 0 Å². The van der Waals surface area contributed by atoms with E-state index in [0.717, 1.165) is 0 Å². The van der Waals surface area contributed by atoms with E-state index >= 15 is 0 Å². The van der Waals surface area contributed by atoms with Crippen LogP contribution in [0.4, 0.5) is 11.4 Å². The second-order valence-corrected chi connectivity index (χ2v) is 3.75. The standard InChI is InChI=1S/C12H14N4O2/c1-16-11(5-6-14-16)12(17)15-10-4-3-8(18-2)7-9(10)13/h3-7H,13H2,1-2H3,(H,15,17). The zero-order chi connectivity index (χ0) is 13.1. The molecule has 3 N–H and O–H groups in total. The van der Waals surface area contributed by atoms with Crippen LogP contribution in [-0.4, -0.2) is 22.8 Å². The first kappa shape index (κ1) is 12.0. The number of amides is 1. The van der Waals surface area contributed by atoms with E-state index in [2.05, 4.69) is 10.4 Å². The van der Waals surface area contributed by atoms with Gasteiger partial charge < -0.3 is 15.8 Å². The van der Waals surface area contributed by atoms with Crippen molar-refractivity contribution in [1.29, 1.82) is 0 Å². The van der Waals surface area contributed by atoms with Crippen LogP contribution in [0.2, 0.25) is 0 Å². The minimum atomic E-state index is -0.258. The third-order valence-electron chi connectivity index (χ3n) is 2.56. The fourth-order valence-corrected chi connectivity index (χ4v) is 1.56. The molecular formula is C12H14N4O2. The highest BCUT2D eigenvalue weighted by atomic mass is 16.5. The Morgan fingerprint density at radius 1 is 1.44 bits per heavy atom. The third kappa shape index (κ3) is 2.27. The predicted molar refractivity (Wildman–Crippen MR) is 68.6 cm³/mol. The van der Waals surface area contributed by atoms with E-state index in [9.17, 15) is 4.79 Å². The van der Waals surface area contributed by atoms with Gasteiger partial charge in [-0.15, -0.1) is 0 Å². The Bertz CT molecular complexity index is 577. The maximum absolute atomic E-state index is 11.9. The molecule has 0 aliphatic heterocycles. The molecule has 2 rings (SSSR count). The maximum Gasteiger partial charge on any atom is 0.273 e. The lowest BCUT2D eigenvalue weighted by molar-refractivity contribution is 0.101. The number of anilines is 2. The molecule has 6 nitrogen and oxygen atoms in total. The summed E-state index contributed by atoms with van der Waals surface area (Å²) >= 11 is 0. The van der Waals surface area contributed by atoms with Crippen LogP contribution < -0.4 is 15.8 Å². The number of methoxy groups -OCH3 is 1. The maximum atomic E-state index is 11.9. The molecule has 1 heterocycles. The van der Waals surface area contributed by atoms with Gasteiger partial charge in [-0.05, 0) is 18.2 Å². The smallest absolute Gasteiger partial charge is 0.273 e. The van der Waals surface area contributed by atoms with Gasteiger partial charge in [-0.3, -0.25) is 9.48 Å². The van der Waals surface area contributed by atoms with Gasteiger partial charge in [0.2, 0.25) is 0 Å². The van der Waals surface area contributed by atoms with Gasteiger partial charge in [0.25, 0.3) is 5.91 Å². The molecule has 0 saturated carbocycles. The van der Waals surface area contributed by atoms with Gasteiger partial charge >= 0.3 is 0 Å². The van der Waals surface area contributed by atoms with Gasteiger partial charge in [0.15, 0.2) is 0 Å². The molecule has 0 bridgehead atoms. The Kier molecular flexibility index (Phi) is 3.18. The second-order valence-electron chi connectivity index (χ2n) is 3.75. The van der Waals surface area contributed by atoms with Crippen molar-refractivity contribution in [3.05, 3.63) is 36.2 Å². The molecule has 0 aliphatic carbocycles. The first-order valence-corrected chi connectivity index (χ1v) is 5.34. The van der Waals surface area contributed by atoms with E-state index in [1.165, 1.54) is 4.68 Å². The van der Waals surface area contributed by atoms with Crippen molar-refractivity contribution in [2.75, 3.05) is 18.2 Å². The summed E-state index contributed by atoms with van der Waals surface area (Å²) in [5.74, 6) is 0.387. The van der Waals surface area contributed by atoms with Crippen molar-refractivity contribution in [2.45, 2.75) is 0 Å². The number of carbonyl (C=O) groups excluding carboxylic acids is 1. The van der Waals surface area contributed by atoms with E-state index in [0.29, 0.717) is 22.8 Å². The van der Waals surface area contributed by atoms with Gasteiger partial charge in [0, 0.05) is 19.3 Å². The molecule has 0 fully saturated rings. The Labute approximate surface area is 104 Å². The molecule has 18 heavy (non-hydrogen) atoms. The zero-order valence-corrected chi connectivity index (χ0v) is 10.2. The minimum absolute atomic E-state index is 0.258. The summed E-state index contributed by atoms with van der Waals surface area (Å²) in [6, 6.07) is 6.71. The number of hydrogen-bond donors (Lipinski definition) is 2.